The summed E-state index contributed by atoms with van der Waals surface area (Å²) >= 11 is 0. The SMILES string of the molecule is CCCCCC/C=C/C(C(C)C)C(O)C(C)C. The molecular formula is C16H32O. The Balaban J connectivity index is 4.03. The molecule has 1 N–H and O–H groups in total. The van der Waals surface area contributed by atoms with Crippen LogP contribution in [0.25, 0.3) is 0 Å². The van der Waals surface area contributed by atoms with E-state index in [0.717, 1.165) is 6.42 Å². The number of aliphatic hydroxyl groups is 1. The summed E-state index contributed by atoms with van der Waals surface area (Å²) < 4.78 is 0. The maximum Gasteiger partial charge on any atom is 0.0628 e. The maximum absolute atomic E-state index is 10.1. The molecule has 17 heavy (non-hydrogen) atoms. The lowest BCUT2D eigenvalue weighted by Crippen LogP contribution is -2.28. The van der Waals surface area contributed by atoms with E-state index < -0.39 is 0 Å². The summed E-state index contributed by atoms with van der Waals surface area (Å²) in [4.78, 5) is 0. The highest BCUT2D eigenvalue weighted by atomic mass is 16.3. The Morgan fingerprint density at radius 2 is 1.59 bits per heavy atom. The first-order chi connectivity index (χ1) is 8.00. The third kappa shape index (κ3) is 7.59. The monoisotopic (exact) mass is 240 g/mol. The van der Waals surface area contributed by atoms with Gasteiger partial charge in [-0.3, -0.25) is 0 Å². The largest absolute Gasteiger partial charge is 0.392 e. The third-order valence-electron chi connectivity index (χ3n) is 3.43. The highest BCUT2D eigenvalue weighted by Gasteiger charge is 2.22. The van der Waals surface area contributed by atoms with Gasteiger partial charge >= 0.3 is 0 Å². The molecule has 0 aromatic rings. The van der Waals surface area contributed by atoms with Crippen molar-refractivity contribution in [2.24, 2.45) is 17.8 Å². The van der Waals surface area contributed by atoms with Crippen LogP contribution in [-0.2, 0) is 0 Å². The highest BCUT2D eigenvalue weighted by Crippen LogP contribution is 2.22. The Kier molecular flexibility index (Phi) is 9.53. The van der Waals surface area contributed by atoms with Gasteiger partial charge in [0.2, 0.25) is 0 Å². The Morgan fingerprint density at radius 3 is 2.06 bits per heavy atom. The number of hydrogen-bond donors (Lipinski definition) is 1. The summed E-state index contributed by atoms with van der Waals surface area (Å²) in [6.07, 6.45) is 10.7. The van der Waals surface area contributed by atoms with Gasteiger partial charge < -0.3 is 5.11 Å². The van der Waals surface area contributed by atoms with Gasteiger partial charge in [-0.1, -0.05) is 66.0 Å². The Bertz CT molecular complexity index is 194. The van der Waals surface area contributed by atoms with Crippen LogP contribution in [0.3, 0.4) is 0 Å². The summed E-state index contributed by atoms with van der Waals surface area (Å²) in [5.41, 5.74) is 0. The predicted octanol–water partition coefficient (Wildman–Crippen LogP) is 4.80. The molecule has 1 nitrogen and oxygen atoms in total. The maximum atomic E-state index is 10.1. The van der Waals surface area contributed by atoms with E-state index in [0.29, 0.717) is 17.8 Å². The van der Waals surface area contributed by atoms with E-state index in [-0.39, 0.29) is 6.10 Å². The van der Waals surface area contributed by atoms with Crippen molar-refractivity contribution in [2.45, 2.75) is 72.8 Å². The normalized spacial score (nSPS) is 16.0. The van der Waals surface area contributed by atoms with Crippen molar-refractivity contribution in [3.8, 4) is 0 Å². The first-order valence-electron chi connectivity index (χ1n) is 7.35. The van der Waals surface area contributed by atoms with E-state index in [1.54, 1.807) is 0 Å². The second kappa shape index (κ2) is 9.70. The van der Waals surface area contributed by atoms with Gasteiger partial charge in [-0.25, -0.2) is 0 Å². The van der Waals surface area contributed by atoms with E-state index in [1.165, 1.54) is 25.7 Å². The molecule has 0 radical (unpaired) electrons. The zero-order valence-corrected chi connectivity index (χ0v) is 12.4. The molecule has 2 unspecified atom stereocenters. The lowest BCUT2D eigenvalue weighted by Gasteiger charge is -2.26. The average molecular weight is 240 g/mol. The molecule has 1 heteroatoms. The standard InChI is InChI=1S/C16H32O/c1-6-7-8-9-10-11-12-15(13(2)3)16(17)14(4)5/h11-17H,6-10H2,1-5H3/b12-11+. The van der Waals surface area contributed by atoms with E-state index in [2.05, 4.69) is 46.8 Å². The van der Waals surface area contributed by atoms with Crippen molar-refractivity contribution < 1.29 is 5.11 Å². The smallest absolute Gasteiger partial charge is 0.0628 e. The van der Waals surface area contributed by atoms with Crippen LogP contribution in [0.1, 0.15) is 66.7 Å². The molecule has 0 spiro atoms. The van der Waals surface area contributed by atoms with Crippen molar-refractivity contribution in [2.75, 3.05) is 0 Å². The van der Waals surface area contributed by atoms with Gasteiger partial charge in [-0.05, 0) is 24.7 Å². The van der Waals surface area contributed by atoms with Gasteiger partial charge in [0.1, 0.15) is 0 Å². The van der Waals surface area contributed by atoms with Crippen molar-refractivity contribution in [1.82, 2.24) is 0 Å². The van der Waals surface area contributed by atoms with Crippen LogP contribution in [0.4, 0.5) is 0 Å². The van der Waals surface area contributed by atoms with E-state index in [9.17, 15) is 5.11 Å². The van der Waals surface area contributed by atoms with Crippen molar-refractivity contribution in [3.05, 3.63) is 12.2 Å². The average Bonchev–Trinajstić information content (AvgIpc) is 2.26. The molecule has 0 fully saturated rings. The second-order valence-electron chi connectivity index (χ2n) is 5.83. The van der Waals surface area contributed by atoms with Crippen LogP contribution in [0, 0.1) is 17.8 Å². The highest BCUT2D eigenvalue weighted by molar-refractivity contribution is 4.94. The lowest BCUT2D eigenvalue weighted by molar-refractivity contribution is 0.0650. The topological polar surface area (TPSA) is 20.2 Å². The second-order valence-corrected chi connectivity index (χ2v) is 5.83. The molecule has 0 aromatic carbocycles. The number of rotatable bonds is 9. The lowest BCUT2D eigenvalue weighted by atomic mass is 9.84. The van der Waals surface area contributed by atoms with Gasteiger partial charge in [0.15, 0.2) is 0 Å². The molecule has 0 rings (SSSR count). The van der Waals surface area contributed by atoms with Gasteiger partial charge in [0.05, 0.1) is 6.10 Å². The van der Waals surface area contributed by atoms with Gasteiger partial charge in [-0.15, -0.1) is 0 Å². The molecule has 0 heterocycles. The zero-order valence-electron chi connectivity index (χ0n) is 12.4. The summed E-state index contributed by atoms with van der Waals surface area (Å²) in [5.74, 6) is 1.16. The van der Waals surface area contributed by atoms with E-state index in [4.69, 9.17) is 0 Å². The number of unbranched alkanes of at least 4 members (excludes halogenated alkanes) is 4. The van der Waals surface area contributed by atoms with Crippen LogP contribution in [-0.4, -0.2) is 11.2 Å². The first-order valence-corrected chi connectivity index (χ1v) is 7.35. The molecular weight excluding hydrogens is 208 g/mol. The molecule has 0 aliphatic carbocycles. The van der Waals surface area contributed by atoms with Crippen LogP contribution in [0.2, 0.25) is 0 Å². The summed E-state index contributed by atoms with van der Waals surface area (Å²) in [7, 11) is 0. The van der Waals surface area contributed by atoms with Crippen molar-refractivity contribution in [1.29, 1.82) is 0 Å². The van der Waals surface area contributed by atoms with Crippen molar-refractivity contribution in [3.63, 3.8) is 0 Å². The predicted molar refractivity (Wildman–Crippen MR) is 77.1 cm³/mol. The van der Waals surface area contributed by atoms with Crippen LogP contribution in [0.15, 0.2) is 12.2 Å². The minimum absolute atomic E-state index is 0.207. The van der Waals surface area contributed by atoms with Gasteiger partial charge in [0.25, 0.3) is 0 Å². The first kappa shape index (κ1) is 16.7. The molecule has 0 aliphatic rings. The van der Waals surface area contributed by atoms with Gasteiger partial charge in [0, 0.05) is 5.92 Å². The number of allylic oxidation sites excluding steroid dienone is 1. The van der Waals surface area contributed by atoms with Crippen LogP contribution in [0.5, 0.6) is 0 Å². The molecule has 0 aromatic heterocycles. The van der Waals surface area contributed by atoms with Crippen LogP contribution < -0.4 is 0 Å². The third-order valence-corrected chi connectivity index (χ3v) is 3.43. The zero-order chi connectivity index (χ0) is 13.3. The fourth-order valence-corrected chi connectivity index (χ4v) is 2.12. The molecule has 0 saturated carbocycles. The summed E-state index contributed by atoms with van der Waals surface area (Å²) in [6.45, 7) is 10.8. The Hall–Kier alpha value is -0.300. The minimum atomic E-state index is -0.207. The summed E-state index contributed by atoms with van der Waals surface area (Å²) in [6, 6.07) is 0. The van der Waals surface area contributed by atoms with E-state index >= 15 is 0 Å². The molecule has 0 bridgehead atoms. The fraction of sp³-hybridized carbons (Fsp3) is 0.875. The molecule has 0 aliphatic heterocycles. The Morgan fingerprint density at radius 1 is 0.941 bits per heavy atom. The molecule has 102 valence electrons. The van der Waals surface area contributed by atoms with Crippen LogP contribution >= 0.6 is 0 Å². The van der Waals surface area contributed by atoms with E-state index in [1.807, 2.05) is 0 Å². The quantitative estimate of drug-likeness (QED) is 0.453. The molecule has 2 atom stereocenters. The number of aliphatic hydroxyl groups excluding tert-OH is 1. The number of hydrogen-bond acceptors (Lipinski definition) is 1. The van der Waals surface area contributed by atoms with Crippen molar-refractivity contribution >= 4 is 0 Å². The molecule has 0 saturated heterocycles. The Labute approximate surface area is 108 Å². The van der Waals surface area contributed by atoms with Gasteiger partial charge in [-0.2, -0.15) is 0 Å². The fourth-order valence-electron chi connectivity index (χ4n) is 2.12. The summed E-state index contributed by atoms with van der Waals surface area (Å²) in [5, 5.41) is 10.1. The molecule has 0 amide bonds. The minimum Gasteiger partial charge on any atom is -0.392 e.